The lowest BCUT2D eigenvalue weighted by Crippen LogP contribution is -2.57. The van der Waals surface area contributed by atoms with E-state index in [9.17, 15) is 9.90 Å². The number of rotatable bonds is 1. The summed E-state index contributed by atoms with van der Waals surface area (Å²) in [5, 5.41) is 12.9. The number of aromatic hydroxyl groups is 1. The number of hydrogen-bond donors (Lipinski definition) is 3. The molecule has 0 saturated heterocycles. The van der Waals surface area contributed by atoms with Gasteiger partial charge in [-0.3, -0.25) is 4.79 Å². The van der Waals surface area contributed by atoms with Crippen LogP contribution in [0.3, 0.4) is 0 Å². The van der Waals surface area contributed by atoms with Crippen molar-refractivity contribution in [3.8, 4) is 11.5 Å². The van der Waals surface area contributed by atoms with Gasteiger partial charge >= 0.3 is 0 Å². The molecule has 0 spiro atoms. The van der Waals surface area contributed by atoms with Crippen LogP contribution in [0.1, 0.15) is 33.9 Å². The molecule has 0 aliphatic carbocycles. The van der Waals surface area contributed by atoms with Gasteiger partial charge in [0.25, 0.3) is 5.91 Å². The number of benzene rings is 2. The van der Waals surface area contributed by atoms with Gasteiger partial charge in [-0.25, -0.2) is 0 Å². The molecule has 3 aliphatic rings. The van der Waals surface area contributed by atoms with Gasteiger partial charge in [0.05, 0.1) is 11.3 Å². The Bertz CT molecular complexity index is 953. The maximum atomic E-state index is 12.7. The summed E-state index contributed by atoms with van der Waals surface area (Å²) >= 11 is 0. The van der Waals surface area contributed by atoms with Crippen LogP contribution in [0.25, 0.3) is 6.08 Å². The Morgan fingerprint density at radius 2 is 2.15 bits per heavy atom. The van der Waals surface area contributed by atoms with Gasteiger partial charge in [0.15, 0.2) is 0 Å². The second kappa shape index (κ2) is 5.51. The lowest BCUT2D eigenvalue weighted by molar-refractivity contribution is 0.0930. The standard InChI is InChI=1S/C20H19N3O3/c21-16-6-7-23-18-14(16)2-1-3-15(18)20(25)22-19(23)12-8-11-9-13(24)4-5-17(11)26-10-12/h1-5,8-9,16,19,24H,6-7,10,21H2,(H,22,25)/t16-,19-/m1/s1. The van der Waals surface area contributed by atoms with Gasteiger partial charge in [-0.15, -0.1) is 0 Å². The lowest BCUT2D eigenvalue weighted by atomic mass is 9.90. The molecule has 3 aliphatic heterocycles. The number of ether oxygens (including phenoxy) is 1. The third kappa shape index (κ3) is 2.19. The highest BCUT2D eigenvalue weighted by Gasteiger charge is 2.38. The first kappa shape index (κ1) is 15.3. The zero-order valence-corrected chi connectivity index (χ0v) is 14.1. The average molecular weight is 349 g/mol. The van der Waals surface area contributed by atoms with Gasteiger partial charge in [-0.2, -0.15) is 0 Å². The molecule has 2 aromatic rings. The monoisotopic (exact) mass is 349 g/mol. The van der Waals surface area contributed by atoms with Crippen LogP contribution in [0.5, 0.6) is 11.5 Å². The molecular weight excluding hydrogens is 330 g/mol. The molecule has 132 valence electrons. The van der Waals surface area contributed by atoms with E-state index in [0.717, 1.165) is 41.1 Å². The molecule has 0 radical (unpaired) electrons. The summed E-state index contributed by atoms with van der Waals surface area (Å²) < 4.78 is 5.85. The topological polar surface area (TPSA) is 87.8 Å². The summed E-state index contributed by atoms with van der Waals surface area (Å²) in [6.45, 7) is 1.16. The highest BCUT2D eigenvalue weighted by Crippen LogP contribution is 2.40. The number of anilines is 1. The summed E-state index contributed by atoms with van der Waals surface area (Å²) in [5.41, 5.74) is 10.7. The fraction of sp³-hybridized carbons (Fsp3) is 0.250. The van der Waals surface area contributed by atoms with E-state index in [4.69, 9.17) is 10.5 Å². The fourth-order valence-corrected chi connectivity index (χ4v) is 4.08. The number of amides is 1. The predicted octanol–water partition coefficient (Wildman–Crippen LogP) is 2.15. The fourth-order valence-electron chi connectivity index (χ4n) is 4.08. The van der Waals surface area contributed by atoms with E-state index in [1.165, 1.54) is 0 Å². The van der Waals surface area contributed by atoms with Crippen molar-refractivity contribution in [3.05, 3.63) is 58.7 Å². The van der Waals surface area contributed by atoms with Gasteiger partial charge in [0.2, 0.25) is 0 Å². The van der Waals surface area contributed by atoms with Gasteiger partial charge < -0.3 is 25.8 Å². The highest BCUT2D eigenvalue weighted by molar-refractivity contribution is 6.03. The Morgan fingerprint density at radius 1 is 1.27 bits per heavy atom. The van der Waals surface area contributed by atoms with E-state index in [0.29, 0.717) is 12.2 Å². The maximum absolute atomic E-state index is 12.7. The molecule has 4 N–H and O–H groups in total. The van der Waals surface area contributed by atoms with E-state index in [1.807, 2.05) is 24.3 Å². The van der Waals surface area contributed by atoms with Crippen LogP contribution < -0.4 is 20.7 Å². The third-order valence-corrected chi connectivity index (χ3v) is 5.34. The predicted molar refractivity (Wildman–Crippen MR) is 98.2 cm³/mol. The normalized spacial score (nSPS) is 23.3. The first-order valence-corrected chi connectivity index (χ1v) is 8.74. The number of nitrogens with one attached hydrogen (secondary N) is 1. The smallest absolute Gasteiger partial charge is 0.255 e. The van der Waals surface area contributed by atoms with Crippen molar-refractivity contribution in [1.29, 1.82) is 0 Å². The third-order valence-electron chi connectivity index (χ3n) is 5.34. The maximum Gasteiger partial charge on any atom is 0.255 e. The van der Waals surface area contributed by atoms with Crippen LogP contribution in [0.2, 0.25) is 0 Å². The number of nitrogens with zero attached hydrogens (tertiary/aromatic N) is 1. The summed E-state index contributed by atoms with van der Waals surface area (Å²) in [7, 11) is 0. The molecule has 3 heterocycles. The summed E-state index contributed by atoms with van der Waals surface area (Å²) in [6, 6.07) is 10.7. The van der Waals surface area contributed by atoms with Crippen molar-refractivity contribution in [2.45, 2.75) is 18.6 Å². The van der Waals surface area contributed by atoms with E-state index in [-0.39, 0.29) is 23.9 Å². The number of carbonyl (C=O) groups excluding carboxylic acids is 1. The average Bonchev–Trinajstić information content (AvgIpc) is 2.65. The first-order chi connectivity index (χ1) is 12.6. The number of phenols is 1. The van der Waals surface area contributed by atoms with Crippen LogP contribution in [0, 0.1) is 0 Å². The first-order valence-electron chi connectivity index (χ1n) is 8.74. The molecule has 0 aromatic heterocycles. The van der Waals surface area contributed by atoms with Crippen LogP contribution in [-0.2, 0) is 0 Å². The summed E-state index contributed by atoms with van der Waals surface area (Å²) in [4.78, 5) is 14.9. The Kier molecular flexibility index (Phi) is 3.24. The number of para-hydroxylation sites is 1. The zero-order valence-electron chi connectivity index (χ0n) is 14.1. The molecule has 1 amide bonds. The van der Waals surface area contributed by atoms with Crippen molar-refractivity contribution in [1.82, 2.24) is 5.32 Å². The second-order valence-electron chi connectivity index (χ2n) is 6.94. The number of fused-ring (bicyclic) bond motifs is 1. The van der Waals surface area contributed by atoms with Gasteiger partial charge in [-0.1, -0.05) is 12.1 Å². The van der Waals surface area contributed by atoms with Crippen molar-refractivity contribution in [2.75, 3.05) is 18.1 Å². The van der Waals surface area contributed by atoms with E-state index in [2.05, 4.69) is 10.2 Å². The Balaban J connectivity index is 1.60. The quantitative estimate of drug-likeness (QED) is 0.734. The van der Waals surface area contributed by atoms with Crippen molar-refractivity contribution < 1.29 is 14.6 Å². The molecule has 6 heteroatoms. The minimum absolute atomic E-state index is 0.0537. The molecule has 0 fully saturated rings. The van der Waals surface area contributed by atoms with E-state index in [1.54, 1.807) is 18.2 Å². The number of hydrogen-bond acceptors (Lipinski definition) is 5. The number of phenolic OH excluding ortho intramolecular Hbond substituents is 1. The SMILES string of the molecule is N[C@@H]1CCN2c3c(cccc31)C(=O)N[C@H]2C1=Cc2cc(O)ccc2OC1. The molecule has 2 atom stereocenters. The van der Waals surface area contributed by atoms with E-state index < -0.39 is 0 Å². The summed E-state index contributed by atoms with van der Waals surface area (Å²) in [6.07, 6.45) is 2.54. The molecule has 0 unspecified atom stereocenters. The zero-order chi connectivity index (χ0) is 17.8. The molecule has 2 aromatic carbocycles. The van der Waals surface area contributed by atoms with Crippen molar-refractivity contribution in [3.63, 3.8) is 0 Å². The Morgan fingerprint density at radius 3 is 3.04 bits per heavy atom. The number of nitrogens with two attached hydrogens (primary N) is 1. The molecule has 6 nitrogen and oxygen atoms in total. The minimum atomic E-state index is -0.279. The van der Waals surface area contributed by atoms with Gasteiger partial charge in [0, 0.05) is 23.7 Å². The van der Waals surface area contributed by atoms with Crippen molar-refractivity contribution in [2.24, 2.45) is 5.73 Å². The lowest BCUT2D eigenvalue weighted by Gasteiger charge is -2.45. The van der Waals surface area contributed by atoms with Gasteiger partial charge in [-0.05, 0) is 42.3 Å². The largest absolute Gasteiger partial charge is 0.508 e. The molecular formula is C20H19N3O3. The second-order valence-corrected chi connectivity index (χ2v) is 6.94. The van der Waals surface area contributed by atoms with Crippen molar-refractivity contribution >= 4 is 17.7 Å². The molecule has 5 rings (SSSR count). The Hall–Kier alpha value is -2.99. The van der Waals surface area contributed by atoms with Crippen LogP contribution in [0.4, 0.5) is 5.69 Å². The summed E-state index contributed by atoms with van der Waals surface area (Å²) in [5.74, 6) is 0.823. The molecule has 26 heavy (non-hydrogen) atoms. The molecule has 0 bridgehead atoms. The minimum Gasteiger partial charge on any atom is -0.508 e. The Labute approximate surface area is 150 Å². The number of carbonyl (C=O) groups is 1. The van der Waals surface area contributed by atoms with Gasteiger partial charge in [0.1, 0.15) is 24.3 Å². The highest BCUT2D eigenvalue weighted by atomic mass is 16.5. The van der Waals surface area contributed by atoms with Crippen LogP contribution in [-0.4, -0.2) is 30.3 Å². The van der Waals surface area contributed by atoms with Crippen LogP contribution >= 0.6 is 0 Å². The van der Waals surface area contributed by atoms with Crippen LogP contribution in [0.15, 0.2) is 42.0 Å². The molecule has 0 saturated carbocycles. The van der Waals surface area contributed by atoms with E-state index >= 15 is 0 Å².